The summed E-state index contributed by atoms with van der Waals surface area (Å²) < 4.78 is 11.4. The number of piperidine rings is 1. The van der Waals surface area contributed by atoms with Crippen LogP contribution >= 0.6 is 0 Å². The molecule has 3 rings (SSSR count). The summed E-state index contributed by atoms with van der Waals surface area (Å²) in [6, 6.07) is 9.09. The molecule has 7 heteroatoms. The van der Waals surface area contributed by atoms with Crippen LogP contribution in [0.3, 0.4) is 0 Å². The van der Waals surface area contributed by atoms with Gasteiger partial charge in [-0.05, 0) is 38.5 Å². The summed E-state index contributed by atoms with van der Waals surface area (Å²) in [4.78, 5) is 25.2. The minimum Gasteiger partial charge on any atom is -0.490 e. The van der Waals surface area contributed by atoms with Crippen LogP contribution in [0.2, 0.25) is 0 Å². The average molecular weight is 371 g/mol. The summed E-state index contributed by atoms with van der Waals surface area (Å²) >= 11 is 0. The number of nitrogens with zero attached hydrogens (tertiary/aromatic N) is 2. The highest BCUT2D eigenvalue weighted by Crippen LogP contribution is 2.24. The molecule has 0 unspecified atom stereocenters. The SMILES string of the molecule is CC(C)(C)OC(=O)N1CCC(Oc2ccc(-c3cn[nH]c(=O)c3)cc2)CC1. The Bertz CT molecular complexity index is 831. The average Bonchev–Trinajstić information content (AvgIpc) is 2.61. The van der Waals surface area contributed by atoms with Crippen molar-refractivity contribution in [2.24, 2.45) is 0 Å². The second kappa shape index (κ2) is 7.82. The van der Waals surface area contributed by atoms with Gasteiger partial charge in [0.2, 0.25) is 0 Å². The number of aromatic amines is 1. The van der Waals surface area contributed by atoms with Crippen LogP contribution in [-0.2, 0) is 4.74 Å². The predicted octanol–water partition coefficient (Wildman–Crippen LogP) is 3.22. The number of H-pyrrole nitrogens is 1. The Labute approximate surface area is 158 Å². The summed E-state index contributed by atoms with van der Waals surface area (Å²) in [5.74, 6) is 0.771. The van der Waals surface area contributed by atoms with Gasteiger partial charge in [0.05, 0.1) is 6.20 Å². The lowest BCUT2D eigenvalue weighted by molar-refractivity contribution is 0.0126. The van der Waals surface area contributed by atoms with E-state index in [0.717, 1.165) is 29.7 Å². The molecule has 144 valence electrons. The van der Waals surface area contributed by atoms with E-state index < -0.39 is 5.60 Å². The third kappa shape index (κ3) is 5.32. The van der Waals surface area contributed by atoms with E-state index in [1.165, 1.54) is 6.07 Å². The highest BCUT2D eigenvalue weighted by atomic mass is 16.6. The molecule has 0 bridgehead atoms. The first-order valence-corrected chi connectivity index (χ1v) is 9.10. The molecule has 1 N–H and O–H groups in total. The van der Waals surface area contributed by atoms with E-state index in [2.05, 4.69) is 10.2 Å². The van der Waals surface area contributed by atoms with Gasteiger partial charge in [-0.3, -0.25) is 4.79 Å². The molecule has 0 radical (unpaired) electrons. The number of amides is 1. The van der Waals surface area contributed by atoms with Gasteiger partial charge in [-0.25, -0.2) is 9.89 Å². The van der Waals surface area contributed by atoms with Crippen molar-refractivity contribution < 1.29 is 14.3 Å². The number of carbonyl (C=O) groups is 1. The van der Waals surface area contributed by atoms with Crippen LogP contribution < -0.4 is 10.3 Å². The molecule has 1 aromatic carbocycles. The minimum atomic E-state index is -0.481. The first-order valence-electron chi connectivity index (χ1n) is 9.10. The van der Waals surface area contributed by atoms with Crippen molar-refractivity contribution in [3.8, 4) is 16.9 Å². The maximum Gasteiger partial charge on any atom is 0.410 e. The lowest BCUT2D eigenvalue weighted by atomic mass is 10.1. The first-order chi connectivity index (χ1) is 12.8. The van der Waals surface area contributed by atoms with E-state index in [1.807, 2.05) is 45.0 Å². The highest BCUT2D eigenvalue weighted by molar-refractivity contribution is 5.68. The summed E-state index contributed by atoms with van der Waals surface area (Å²) in [5.41, 5.74) is 0.951. The van der Waals surface area contributed by atoms with Crippen LogP contribution in [0.15, 0.2) is 41.3 Å². The van der Waals surface area contributed by atoms with Crippen LogP contribution in [0.1, 0.15) is 33.6 Å². The van der Waals surface area contributed by atoms with Gasteiger partial charge in [0.1, 0.15) is 17.5 Å². The van der Waals surface area contributed by atoms with Crippen LogP contribution in [-0.4, -0.2) is 46.0 Å². The standard InChI is InChI=1S/C20H25N3O4/c1-20(2,3)27-19(25)23-10-8-17(9-11-23)26-16-6-4-14(5-7-16)15-12-18(24)22-21-13-15/h4-7,12-13,17H,8-11H2,1-3H3,(H,22,24). The fraction of sp³-hybridized carbons (Fsp3) is 0.450. The number of rotatable bonds is 3. The molecule has 0 spiro atoms. The van der Waals surface area contributed by atoms with Crippen molar-refractivity contribution in [1.29, 1.82) is 0 Å². The maximum atomic E-state index is 12.1. The normalized spacial score (nSPS) is 15.4. The van der Waals surface area contributed by atoms with E-state index in [4.69, 9.17) is 9.47 Å². The second-order valence-corrected chi connectivity index (χ2v) is 7.64. The van der Waals surface area contributed by atoms with Crippen molar-refractivity contribution in [3.05, 3.63) is 46.9 Å². The van der Waals surface area contributed by atoms with E-state index in [1.54, 1.807) is 11.1 Å². The third-order valence-electron chi connectivity index (χ3n) is 4.25. The number of likely N-dealkylation sites (tertiary alicyclic amines) is 1. The van der Waals surface area contributed by atoms with Gasteiger partial charge in [-0.2, -0.15) is 5.10 Å². The predicted molar refractivity (Wildman–Crippen MR) is 102 cm³/mol. The molecule has 2 heterocycles. The number of nitrogens with one attached hydrogen (secondary N) is 1. The van der Waals surface area contributed by atoms with Gasteiger partial charge < -0.3 is 14.4 Å². The quantitative estimate of drug-likeness (QED) is 0.895. The lowest BCUT2D eigenvalue weighted by Crippen LogP contribution is -2.44. The minimum absolute atomic E-state index is 0.0655. The smallest absolute Gasteiger partial charge is 0.410 e. The Morgan fingerprint density at radius 3 is 2.41 bits per heavy atom. The summed E-state index contributed by atoms with van der Waals surface area (Å²) in [7, 11) is 0. The van der Waals surface area contributed by atoms with Gasteiger partial charge in [0.15, 0.2) is 0 Å². The zero-order valence-electron chi connectivity index (χ0n) is 15.9. The first kappa shape index (κ1) is 18.9. The van der Waals surface area contributed by atoms with Crippen molar-refractivity contribution >= 4 is 6.09 Å². The Kier molecular flexibility index (Phi) is 5.48. The van der Waals surface area contributed by atoms with Gasteiger partial charge in [-0.1, -0.05) is 12.1 Å². The van der Waals surface area contributed by atoms with Crippen molar-refractivity contribution in [1.82, 2.24) is 15.1 Å². The topological polar surface area (TPSA) is 84.5 Å². The van der Waals surface area contributed by atoms with Crippen LogP contribution in [0, 0.1) is 0 Å². The molecule has 7 nitrogen and oxygen atoms in total. The monoisotopic (exact) mass is 371 g/mol. The number of carbonyl (C=O) groups excluding carboxylic acids is 1. The van der Waals surface area contributed by atoms with Crippen LogP contribution in [0.4, 0.5) is 4.79 Å². The molecular formula is C20H25N3O4. The number of hydrogen-bond acceptors (Lipinski definition) is 5. The maximum absolute atomic E-state index is 12.1. The van der Waals surface area contributed by atoms with Gasteiger partial charge in [0.25, 0.3) is 5.56 Å². The number of benzene rings is 1. The highest BCUT2D eigenvalue weighted by Gasteiger charge is 2.27. The fourth-order valence-corrected chi connectivity index (χ4v) is 2.94. The zero-order valence-corrected chi connectivity index (χ0v) is 15.9. The number of aromatic nitrogens is 2. The van der Waals surface area contributed by atoms with E-state index in [-0.39, 0.29) is 17.8 Å². The molecule has 0 atom stereocenters. The van der Waals surface area contributed by atoms with Crippen molar-refractivity contribution in [2.75, 3.05) is 13.1 Å². The largest absolute Gasteiger partial charge is 0.490 e. The fourth-order valence-electron chi connectivity index (χ4n) is 2.94. The molecule has 1 saturated heterocycles. The van der Waals surface area contributed by atoms with Crippen molar-refractivity contribution in [3.63, 3.8) is 0 Å². The summed E-state index contributed by atoms with van der Waals surface area (Å²) in [5, 5.41) is 6.17. The molecule has 1 aromatic heterocycles. The van der Waals surface area contributed by atoms with E-state index in [9.17, 15) is 9.59 Å². The van der Waals surface area contributed by atoms with Crippen LogP contribution in [0.25, 0.3) is 11.1 Å². The number of hydrogen-bond donors (Lipinski definition) is 1. The Hall–Kier alpha value is -2.83. The Morgan fingerprint density at radius 1 is 1.15 bits per heavy atom. The molecule has 1 fully saturated rings. The van der Waals surface area contributed by atoms with Crippen molar-refractivity contribution in [2.45, 2.75) is 45.3 Å². The molecule has 2 aromatic rings. The number of ether oxygens (including phenoxy) is 2. The Balaban J connectivity index is 1.53. The molecule has 1 amide bonds. The van der Waals surface area contributed by atoms with Crippen LogP contribution in [0.5, 0.6) is 5.75 Å². The summed E-state index contributed by atoms with van der Waals surface area (Å²) in [6.07, 6.45) is 2.94. The molecule has 0 aliphatic carbocycles. The van der Waals surface area contributed by atoms with Gasteiger partial charge >= 0.3 is 6.09 Å². The molecular weight excluding hydrogens is 346 g/mol. The lowest BCUT2D eigenvalue weighted by Gasteiger charge is -2.33. The molecule has 1 aliphatic rings. The zero-order chi connectivity index (χ0) is 19.4. The van der Waals surface area contributed by atoms with Gasteiger partial charge in [0, 0.05) is 37.6 Å². The van der Waals surface area contributed by atoms with Gasteiger partial charge in [-0.15, -0.1) is 0 Å². The Morgan fingerprint density at radius 2 is 1.81 bits per heavy atom. The third-order valence-corrected chi connectivity index (χ3v) is 4.25. The summed E-state index contributed by atoms with van der Waals surface area (Å²) in [6.45, 7) is 6.84. The second-order valence-electron chi connectivity index (χ2n) is 7.64. The molecule has 27 heavy (non-hydrogen) atoms. The molecule has 0 saturated carbocycles. The van der Waals surface area contributed by atoms with E-state index in [0.29, 0.717) is 13.1 Å². The van der Waals surface area contributed by atoms with E-state index >= 15 is 0 Å². The molecule has 1 aliphatic heterocycles.